The molecule has 156 valence electrons. The van der Waals surface area contributed by atoms with Crippen LogP contribution in [0.25, 0.3) is 11.0 Å². The van der Waals surface area contributed by atoms with Crippen LogP contribution in [0.2, 0.25) is 0 Å². The molecule has 0 spiro atoms. The Hall–Kier alpha value is -2.99. The molecule has 2 aliphatic heterocycles. The van der Waals surface area contributed by atoms with Gasteiger partial charge >= 0.3 is 0 Å². The SMILES string of the molecule is C[C@@H](NC(=O)CN1CCC[C@@H]1c1ccc2c(c1)OCCO2)c1cc2ccccc2o1. The molecule has 0 saturated carbocycles. The lowest BCUT2D eigenvalue weighted by Gasteiger charge is -2.26. The highest BCUT2D eigenvalue weighted by Gasteiger charge is 2.29. The van der Waals surface area contributed by atoms with Crippen LogP contribution in [0, 0.1) is 0 Å². The lowest BCUT2D eigenvalue weighted by Crippen LogP contribution is -2.38. The smallest absolute Gasteiger partial charge is 0.234 e. The van der Waals surface area contributed by atoms with Gasteiger partial charge < -0.3 is 19.2 Å². The zero-order chi connectivity index (χ0) is 20.5. The summed E-state index contributed by atoms with van der Waals surface area (Å²) >= 11 is 0. The first-order chi connectivity index (χ1) is 14.7. The summed E-state index contributed by atoms with van der Waals surface area (Å²) in [4.78, 5) is 15.0. The predicted octanol–water partition coefficient (Wildman–Crippen LogP) is 4.22. The van der Waals surface area contributed by atoms with Crippen molar-refractivity contribution < 1.29 is 18.7 Å². The minimum absolute atomic E-state index is 0.00685. The van der Waals surface area contributed by atoms with Gasteiger partial charge in [-0.25, -0.2) is 0 Å². The number of benzene rings is 2. The highest BCUT2D eigenvalue weighted by molar-refractivity contribution is 5.80. The van der Waals surface area contributed by atoms with Crippen molar-refractivity contribution in [1.29, 1.82) is 0 Å². The number of carbonyl (C=O) groups excluding carboxylic acids is 1. The van der Waals surface area contributed by atoms with E-state index in [0.717, 1.165) is 47.6 Å². The molecular weight excluding hydrogens is 380 g/mol. The number of nitrogens with zero attached hydrogens (tertiary/aromatic N) is 1. The lowest BCUT2D eigenvalue weighted by molar-refractivity contribution is -0.123. The predicted molar refractivity (Wildman–Crippen MR) is 114 cm³/mol. The summed E-state index contributed by atoms with van der Waals surface area (Å²) in [6, 6.07) is 16.0. The number of nitrogens with one attached hydrogen (secondary N) is 1. The van der Waals surface area contributed by atoms with Crippen LogP contribution in [-0.4, -0.2) is 37.1 Å². The Balaban J connectivity index is 1.24. The largest absolute Gasteiger partial charge is 0.486 e. The van der Waals surface area contributed by atoms with Gasteiger partial charge in [-0.2, -0.15) is 0 Å². The van der Waals surface area contributed by atoms with E-state index in [-0.39, 0.29) is 18.0 Å². The number of ether oxygens (including phenoxy) is 2. The minimum atomic E-state index is -0.180. The molecule has 0 unspecified atom stereocenters. The molecule has 1 N–H and O–H groups in total. The number of hydrogen-bond acceptors (Lipinski definition) is 5. The maximum atomic E-state index is 12.8. The van der Waals surface area contributed by atoms with E-state index < -0.39 is 0 Å². The second-order valence-corrected chi connectivity index (χ2v) is 8.01. The molecule has 2 aliphatic rings. The summed E-state index contributed by atoms with van der Waals surface area (Å²) in [6.07, 6.45) is 2.11. The number of hydrogen-bond donors (Lipinski definition) is 1. The minimum Gasteiger partial charge on any atom is -0.486 e. The van der Waals surface area contributed by atoms with Crippen LogP contribution < -0.4 is 14.8 Å². The van der Waals surface area contributed by atoms with Crippen molar-refractivity contribution >= 4 is 16.9 Å². The maximum Gasteiger partial charge on any atom is 0.234 e. The van der Waals surface area contributed by atoms with Crippen LogP contribution in [-0.2, 0) is 4.79 Å². The van der Waals surface area contributed by atoms with E-state index in [0.29, 0.717) is 19.8 Å². The van der Waals surface area contributed by atoms with E-state index in [1.54, 1.807) is 0 Å². The van der Waals surface area contributed by atoms with E-state index in [4.69, 9.17) is 13.9 Å². The average molecular weight is 406 g/mol. The van der Waals surface area contributed by atoms with Gasteiger partial charge in [0, 0.05) is 11.4 Å². The third-order valence-corrected chi connectivity index (χ3v) is 5.91. The van der Waals surface area contributed by atoms with Crippen LogP contribution in [0.1, 0.15) is 43.2 Å². The van der Waals surface area contributed by atoms with Crippen LogP contribution in [0.3, 0.4) is 0 Å². The summed E-state index contributed by atoms with van der Waals surface area (Å²) in [6.45, 7) is 4.39. The van der Waals surface area contributed by atoms with Crippen molar-refractivity contribution in [2.75, 3.05) is 26.3 Å². The fourth-order valence-corrected chi connectivity index (χ4v) is 4.42. The molecule has 2 atom stereocenters. The fourth-order valence-electron chi connectivity index (χ4n) is 4.42. The van der Waals surface area contributed by atoms with E-state index in [1.807, 2.05) is 43.3 Å². The molecule has 6 heteroatoms. The second-order valence-electron chi connectivity index (χ2n) is 8.01. The monoisotopic (exact) mass is 406 g/mol. The van der Waals surface area contributed by atoms with Gasteiger partial charge in [0.1, 0.15) is 24.6 Å². The first kappa shape index (κ1) is 19.0. The van der Waals surface area contributed by atoms with Crippen molar-refractivity contribution in [3.05, 3.63) is 59.9 Å². The molecule has 0 bridgehead atoms. The number of carbonyl (C=O) groups is 1. The van der Waals surface area contributed by atoms with Crippen LogP contribution in [0.5, 0.6) is 11.5 Å². The third-order valence-electron chi connectivity index (χ3n) is 5.91. The van der Waals surface area contributed by atoms with Crippen molar-refractivity contribution in [3.8, 4) is 11.5 Å². The van der Waals surface area contributed by atoms with E-state index in [9.17, 15) is 4.79 Å². The Labute approximate surface area is 175 Å². The summed E-state index contributed by atoms with van der Waals surface area (Å²) in [7, 11) is 0. The van der Waals surface area contributed by atoms with Crippen molar-refractivity contribution in [2.24, 2.45) is 0 Å². The Morgan fingerprint density at radius 3 is 2.83 bits per heavy atom. The van der Waals surface area contributed by atoms with Gasteiger partial charge in [0.05, 0.1) is 12.6 Å². The van der Waals surface area contributed by atoms with Gasteiger partial charge in [-0.15, -0.1) is 0 Å². The summed E-state index contributed by atoms with van der Waals surface area (Å²) in [5.74, 6) is 2.38. The molecule has 6 nitrogen and oxygen atoms in total. The normalized spacial score (nSPS) is 19.7. The van der Waals surface area contributed by atoms with Gasteiger partial charge in [-0.05, 0) is 56.1 Å². The Morgan fingerprint density at radius 1 is 1.13 bits per heavy atom. The van der Waals surface area contributed by atoms with Crippen LogP contribution in [0.4, 0.5) is 0 Å². The molecule has 1 aromatic heterocycles. The molecule has 3 heterocycles. The first-order valence-corrected chi connectivity index (χ1v) is 10.6. The topological polar surface area (TPSA) is 63.9 Å². The number of para-hydroxylation sites is 1. The molecule has 1 amide bonds. The zero-order valence-electron chi connectivity index (χ0n) is 17.1. The van der Waals surface area contributed by atoms with Gasteiger partial charge in [0.15, 0.2) is 11.5 Å². The molecule has 5 rings (SSSR count). The Bertz CT molecular complexity index is 1030. The first-order valence-electron chi connectivity index (χ1n) is 10.6. The average Bonchev–Trinajstić information content (AvgIpc) is 3.40. The molecule has 0 aliphatic carbocycles. The molecule has 1 fully saturated rings. The number of furan rings is 1. The van der Waals surface area contributed by atoms with E-state index >= 15 is 0 Å². The quantitative estimate of drug-likeness (QED) is 0.687. The molecule has 3 aromatic rings. The molecule has 0 radical (unpaired) electrons. The second kappa shape index (κ2) is 8.03. The highest BCUT2D eigenvalue weighted by Crippen LogP contribution is 2.38. The molecule has 1 saturated heterocycles. The summed E-state index contributed by atoms with van der Waals surface area (Å²) in [5, 5.41) is 4.13. The van der Waals surface area contributed by atoms with Crippen molar-refractivity contribution in [2.45, 2.75) is 31.8 Å². The van der Waals surface area contributed by atoms with Crippen molar-refractivity contribution in [1.82, 2.24) is 10.2 Å². The van der Waals surface area contributed by atoms with E-state index in [1.165, 1.54) is 5.56 Å². The van der Waals surface area contributed by atoms with Gasteiger partial charge in [0.25, 0.3) is 0 Å². The Kier molecular flexibility index (Phi) is 5.09. The van der Waals surface area contributed by atoms with Crippen LogP contribution >= 0.6 is 0 Å². The van der Waals surface area contributed by atoms with Gasteiger partial charge in [-0.3, -0.25) is 9.69 Å². The molecule has 2 aromatic carbocycles. The summed E-state index contributed by atoms with van der Waals surface area (Å²) < 4.78 is 17.3. The standard InChI is InChI=1S/C24H26N2O4/c1-16(22-14-18-5-2-3-7-20(18)30-22)25-24(27)15-26-10-4-6-19(26)17-8-9-21-23(13-17)29-12-11-28-21/h2-3,5,7-9,13-14,16,19H,4,6,10-12,15H2,1H3,(H,25,27)/t16-,19-/m1/s1. The number of fused-ring (bicyclic) bond motifs is 2. The summed E-state index contributed by atoms with van der Waals surface area (Å²) in [5.41, 5.74) is 2.02. The van der Waals surface area contributed by atoms with Crippen LogP contribution in [0.15, 0.2) is 52.9 Å². The maximum absolute atomic E-state index is 12.8. The van der Waals surface area contributed by atoms with E-state index in [2.05, 4.69) is 22.3 Å². The molecule has 30 heavy (non-hydrogen) atoms. The van der Waals surface area contributed by atoms with Crippen molar-refractivity contribution in [3.63, 3.8) is 0 Å². The fraction of sp³-hybridized carbons (Fsp3) is 0.375. The molecular formula is C24H26N2O4. The third kappa shape index (κ3) is 3.75. The van der Waals surface area contributed by atoms with Gasteiger partial charge in [-0.1, -0.05) is 24.3 Å². The zero-order valence-corrected chi connectivity index (χ0v) is 17.1. The number of likely N-dealkylation sites (tertiary alicyclic amines) is 1. The Morgan fingerprint density at radius 2 is 1.97 bits per heavy atom. The lowest BCUT2D eigenvalue weighted by atomic mass is 10.0. The number of amides is 1. The number of rotatable bonds is 5. The highest BCUT2D eigenvalue weighted by atomic mass is 16.6. The van der Waals surface area contributed by atoms with Gasteiger partial charge in [0.2, 0.25) is 5.91 Å².